The first-order valence-corrected chi connectivity index (χ1v) is 8.02. The molecule has 0 saturated heterocycles. The number of nitrogens with zero attached hydrogens (tertiary/aromatic N) is 2. The lowest BCUT2D eigenvalue weighted by Crippen LogP contribution is -2.52. The Morgan fingerprint density at radius 2 is 2.04 bits per heavy atom. The van der Waals surface area contributed by atoms with Crippen LogP contribution < -0.4 is 5.32 Å². The van der Waals surface area contributed by atoms with Crippen LogP contribution >= 0.6 is 0 Å². The van der Waals surface area contributed by atoms with Crippen molar-refractivity contribution >= 4 is 12.0 Å². The average molecular weight is 324 g/mol. The predicted octanol–water partition coefficient (Wildman–Crippen LogP) is 2.40. The SMILES string of the molecule is CC[C@@H](c1ncc(C)[nH]1)N(CC)C(=O)[C@@H](NC(=O)OC)C(C)C. The zero-order valence-corrected chi connectivity index (χ0v) is 14.8. The summed E-state index contributed by atoms with van der Waals surface area (Å²) in [6, 6.07) is -0.783. The van der Waals surface area contributed by atoms with Gasteiger partial charge in [-0.2, -0.15) is 0 Å². The highest BCUT2D eigenvalue weighted by atomic mass is 16.5. The third-order valence-corrected chi connectivity index (χ3v) is 3.82. The van der Waals surface area contributed by atoms with Crippen LogP contribution in [0.5, 0.6) is 0 Å². The van der Waals surface area contributed by atoms with Crippen LogP contribution in [0.2, 0.25) is 0 Å². The lowest BCUT2D eigenvalue weighted by atomic mass is 10.0. The highest BCUT2D eigenvalue weighted by Gasteiger charge is 2.33. The molecular weight excluding hydrogens is 296 g/mol. The third-order valence-electron chi connectivity index (χ3n) is 3.82. The standard InChI is InChI=1S/C16H28N4O3/c1-7-12(14-17-9-11(5)18-14)20(8-2)15(21)13(10(3)4)19-16(22)23-6/h9-10,12-13H,7-8H2,1-6H3,(H,17,18)(H,19,22)/t12-,13-/m0/s1. The van der Waals surface area contributed by atoms with Gasteiger partial charge >= 0.3 is 6.09 Å². The van der Waals surface area contributed by atoms with Crippen LogP contribution in [0, 0.1) is 12.8 Å². The van der Waals surface area contributed by atoms with E-state index in [0.717, 1.165) is 17.9 Å². The van der Waals surface area contributed by atoms with E-state index in [2.05, 4.69) is 20.0 Å². The Hall–Kier alpha value is -2.05. The largest absolute Gasteiger partial charge is 0.453 e. The van der Waals surface area contributed by atoms with E-state index in [0.29, 0.717) is 6.54 Å². The molecule has 0 radical (unpaired) electrons. The summed E-state index contributed by atoms with van der Waals surface area (Å²) >= 11 is 0. The van der Waals surface area contributed by atoms with Crippen LogP contribution in [0.1, 0.15) is 51.7 Å². The van der Waals surface area contributed by atoms with Crippen molar-refractivity contribution < 1.29 is 14.3 Å². The summed E-state index contributed by atoms with van der Waals surface area (Å²) in [4.78, 5) is 33.8. The molecule has 0 aromatic carbocycles. The molecule has 0 unspecified atom stereocenters. The third kappa shape index (κ3) is 4.71. The summed E-state index contributed by atoms with van der Waals surface area (Å²) in [5.74, 6) is 0.584. The van der Waals surface area contributed by atoms with E-state index >= 15 is 0 Å². The van der Waals surface area contributed by atoms with Crippen molar-refractivity contribution in [1.29, 1.82) is 0 Å². The number of aryl methyl sites for hydroxylation is 1. The maximum Gasteiger partial charge on any atom is 0.407 e. The molecule has 7 heteroatoms. The Morgan fingerprint density at radius 3 is 2.43 bits per heavy atom. The average Bonchev–Trinajstić information content (AvgIpc) is 2.94. The van der Waals surface area contributed by atoms with Crippen LogP contribution in [-0.2, 0) is 9.53 Å². The quantitative estimate of drug-likeness (QED) is 0.806. The fraction of sp³-hybridized carbons (Fsp3) is 0.688. The molecule has 23 heavy (non-hydrogen) atoms. The minimum Gasteiger partial charge on any atom is -0.453 e. The number of likely N-dealkylation sites (N-methyl/N-ethyl adjacent to an activating group) is 1. The normalized spacial score (nSPS) is 13.5. The first-order valence-electron chi connectivity index (χ1n) is 8.02. The fourth-order valence-electron chi connectivity index (χ4n) is 2.57. The van der Waals surface area contributed by atoms with E-state index in [-0.39, 0.29) is 17.9 Å². The molecule has 1 aromatic rings. The van der Waals surface area contributed by atoms with Crippen LogP contribution in [-0.4, -0.2) is 46.6 Å². The first kappa shape index (κ1) is 19.0. The van der Waals surface area contributed by atoms with E-state index in [1.54, 1.807) is 11.1 Å². The molecule has 2 atom stereocenters. The number of hydrogen-bond acceptors (Lipinski definition) is 4. The number of imidazole rings is 1. The van der Waals surface area contributed by atoms with E-state index in [4.69, 9.17) is 0 Å². The van der Waals surface area contributed by atoms with Crippen molar-refractivity contribution in [2.24, 2.45) is 5.92 Å². The van der Waals surface area contributed by atoms with Crippen LogP contribution in [0.4, 0.5) is 4.79 Å². The van der Waals surface area contributed by atoms with Gasteiger partial charge in [-0.15, -0.1) is 0 Å². The molecule has 7 nitrogen and oxygen atoms in total. The molecule has 1 heterocycles. The summed E-state index contributed by atoms with van der Waals surface area (Å²) < 4.78 is 4.63. The maximum absolute atomic E-state index is 13.0. The Morgan fingerprint density at radius 1 is 1.39 bits per heavy atom. The molecule has 0 spiro atoms. The number of methoxy groups -OCH3 is 1. The molecule has 1 rings (SSSR count). The number of amides is 2. The highest BCUT2D eigenvalue weighted by molar-refractivity contribution is 5.86. The van der Waals surface area contributed by atoms with Crippen molar-refractivity contribution in [3.63, 3.8) is 0 Å². The molecular formula is C16H28N4O3. The van der Waals surface area contributed by atoms with Crippen LogP contribution in [0.25, 0.3) is 0 Å². The minimum absolute atomic E-state index is 0.0495. The molecule has 130 valence electrons. The zero-order chi connectivity index (χ0) is 17.6. The van der Waals surface area contributed by atoms with Gasteiger partial charge in [0.1, 0.15) is 11.9 Å². The van der Waals surface area contributed by atoms with Gasteiger partial charge in [0.15, 0.2) is 0 Å². The van der Waals surface area contributed by atoms with Gasteiger partial charge in [0.2, 0.25) is 5.91 Å². The Balaban J connectivity index is 3.04. The fourth-order valence-corrected chi connectivity index (χ4v) is 2.57. The second-order valence-corrected chi connectivity index (χ2v) is 5.86. The van der Waals surface area contributed by atoms with E-state index in [1.807, 2.05) is 34.6 Å². The summed E-state index contributed by atoms with van der Waals surface area (Å²) in [5, 5.41) is 2.63. The topological polar surface area (TPSA) is 87.3 Å². The summed E-state index contributed by atoms with van der Waals surface area (Å²) in [6.45, 7) is 10.2. The van der Waals surface area contributed by atoms with Crippen molar-refractivity contribution in [2.75, 3.05) is 13.7 Å². The van der Waals surface area contributed by atoms with Gasteiger partial charge < -0.3 is 19.9 Å². The van der Waals surface area contributed by atoms with E-state index in [9.17, 15) is 9.59 Å². The van der Waals surface area contributed by atoms with Gasteiger partial charge in [-0.1, -0.05) is 20.8 Å². The minimum atomic E-state index is -0.632. The lowest BCUT2D eigenvalue weighted by molar-refractivity contribution is -0.137. The number of carbonyl (C=O) groups is 2. The number of ether oxygens (including phenoxy) is 1. The summed E-state index contributed by atoms with van der Waals surface area (Å²) in [7, 11) is 1.29. The van der Waals surface area contributed by atoms with Crippen molar-refractivity contribution in [1.82, 2.24) is 20.2 Å². The molecule has 0 bridgehead atoms. The molecule has 1 aromatic heterocycles. The molecule has 2 amide bonds. The molecule has 0 aliphatic rings. The Kier molecular flexibility index (Phi) is 7.06. The molecule has 0 aliphatic heterocycles. The Labute approximate surface area is 137 Å². The highest BCUT2D eigenvalue weighted by Crippen LogP contribution is 2.23. The van der Waals surface area contributed by atoms with Crippen molar-refractivity contribution in [3.05, 3.63) is 17.7 Å². The van der Waals surface area contributed by atoms with Gasteiger partial charge in [-0.3, -0.25) is 4.79 Å². The molecule has 2 N–H and O–H groups in total. The van der Waals surface area contributed by atoms with Crippen LogP contribution in [0.15, 0.2) is 6.20 Å². The second kappa shape index (κ2) is 8.55. The van der Waals surface area contributed by atoms with Crippen molar-refractivity contribution in [3.8, 4) is 0 Å². The van der Waals surface area contributed by atoms with Gasteiger partial charge in [0, 0.05) is 18.4 Å². The molecule has 0 aliphatic carbocycles. The smallest absolute Gasteiger partial charge is 0.407 e. The Bertz CT molecular complexity index is 527. The van der Waals surface area contributed by atoms with Gasteiger partial charge in [-0.05, 0) is 26.2 Å². The number of H-pyrrole nitrogens is 1. The number of alkyl carbamates (subject to hydrolysis) is 1. The summed E-state index contributed by atoms with van der Waals surface area (Å²) in [6.07, 6.45) is 1.88. The zero-order valence-electron chi connectivity index (χ0n) is 14.8. The maximum atomic E-state index is 13.0. The lowest BCUT2D eigenvalue weighted by Gasteiger charge is -2.33. The predicted molar refractivity (Wildman–Crippen MR) is 87.9 cm³/mol. The monoisotopic (exact) mass is 324 g/mol. The molecule has 0 saturated carbocycles. The second-order valence-electron chi connectivity index (χ2n) is 5.86. The number of hydrogen-bond donors (Lipinski definition) is 2. The number of aromatic nitrogens is 2. The summed E-state index contributed by atoms with van der Waals surface area (Å²) in [5.41, 5.74) is 0.954. The number of nitrogens with one attached hydrogen (secondary N) is 2. The van der Waals surface area contributed by atoms with Gasteiger partial charge in [0.25, 0.3) is 0 Å². The van der Waals surface area contributed by atoms with Crippen molar-refractivity contribution in [2.45, 2.75) is 53.1 Å². The number of carbonyl (C=O) groups excluding carboxylic acids is 2. The van der Waals surface area contributed by atoms with Gasteiger partial charge in [0.05, 0.1) is 13.2 Å². The first-order chi connectivity index (χ1) is 10.8. The molecule has 0 fully saturated rings. The van der Waals surface area contributed by atoms with E-state index in [1.165, 1.54) is 7.11 Å². The van der Waals surface area contributed by atoms with E-state index < -0.39 is 12.1 Å². The number of aromatic amines is 1. The van der Waals surface area contributed by atoms with Gasteiger partial charge in [-0.25, -0.2) is 9.78 Å². The van der Waals surface area contributed by atoms with Crippen LogP contribution in [0.3, 0.4) is 0 Å². The number of rotatable bonds is 7.